The molecule has 3 rings (SSSR count). The topological polar surface area (TPSA) is 103 Å². The highest BCUT2D eigenvalue weighted by Gasteiger charge is 2.33. The second kappa shape index (κ2) is 8.02. The quantitative estimate of drug-likeness (QED) is 0.740. The molecule has 1 atom stereocenters. The highest BCUT2D eigenvalue weighted by molar-refractivity contribution is 5.94. The number of aromatic nitrogens is 2. The number of alkyl halides is 3. The monoisotopic (exact) mass is 424 g/mol. The highest BCUT2D eigenvalue weighted by atomic mass is 19.4. The number of nitrogens with zero attached hydrogens (tertiary/aromatic N) is 4. The summed E-state index contributed by atoms with van der Waals surface area (Å²) in [5.41, 5.74) is 0.0609. The Hall–Kier alpha value is -3.62. The molecule has 0 bridgehead atoms. The van der Waals surface area contributed by atoms with Gasteiger partial charge in [-0.15, -0.1) is 0 Å². The Morgan fingerprint density at radius 2 is 2.10 bits per heavy atom. The first kappa shape index (κ1) is 21.1. The fourth-order valence-corrected chi connectivity index (χ4v) is 3.04. The summed E-state index contributed by atoms with van der Waals surface area (Å²) in [5.74, 6) is -1.71. The van der Waals surface area contributed by atoms with Crippen molar-refractivity contribution in [2.75, 3.05) is 11.9 Å². The van der Waals surface area contributed by atoms with Crippen LogP contribution in [0.15, 0.2) is 24.5 Å². The van der Waals surface area contributed by atoms with Gasteiger partial charge in [0.15, 0.2) is 5.69 Å². The minimum Gasteiger partial charge on any atom is -0.342 e. The smallest absolute Gasteiger partial charge is 0.342 e. The van der Waals surface area contributed by atoms with Crippen molar-refractivity contribution in [3.05, 3.63) is 47.3 Å². The Labute approximate surface area is 168 Å². The van der Waals surface area contributed by atoms with Crippen LogP contribution >= 0.6 is 0 Å². The van der Waals surface area contributed by atoms with Gasteiger partial charge in [0.25, 0.3) is 5.91 Å². The number of urea groups is 1. The van der Waals surface area contributed by atoms with E-state index >= 15 is 0 Å². The first-order valence-electron chi connectivity index (χ1n) is 8.75. The van der Waals surface area contributed by atoms with Gasteiger partial charge in [0, 0.05) is 18.3 Å². The third kappa shape index (κ3) is 4.51. The summed E-state index contributed by atoms with van der Waals surface area (Å²) in [4.78, 5) is 30.1. The molecule has 2 aromatic rings. The number of rotatable bonds is 3. The van der Waals surface area contributed by atoms with Crippen molar-refractivity contribution in [1.29, 1.82) is 5.26 Å². The van der Waals surface area contributed by atoms with Crippen LogP contribution in [0, 0.1) is 17.1 Å². The Morgan fingerprint density at radius 1 is 1.37 bits per heavy atom. The fraction of sp³-hybridized carbons (Fsp3) is 0.333. The van der Waals surface area contributed by atoms with Gasteiger partial charge in [-0.1, -0.05) is 0 Å². The predicted molar refractivity (Wildman–Crippen MR) is 95.8 cm³/mol. The molecule has 12 heteroatoms. The van der Waals surface area contributed by atoms with E-state index in [9.17, 15) is 27.2 Å². The summed E-state index contributed by atoms with van der Waals surface area (Å²) in [5, 5.41) is 13.2. The van der Waals surface area contributed by atoms with Crippen molar-refractivity contribution >= 4 is 17.6 Å². The molecule has 1 aliphatic heterocycles. The number of nitriles is 1. The number of halogens is 4. The molecule has 0 saturated heterocycles. The lowest BCUT2D eigenvalue weighted by atomic mass is 10.1. The predicted octanol–water partition coefficient (Wildman–Crippen LogP) is 2.62. The second-order valence-electron chi connectivity index (χ2n) is 6.70. The summed E-state index contributed by atoms with van der Waals surface area (Å²) >= 11 is 0. The first-order valence-corrected chi connectivity index (χ1v) is 8.75. The van der Waals surface area contributed by atoms with E-state index in [1.54, 1.807) is 22.9 Å². The van der Waals surface area contributed by atoms with Gasteiger partial charge >= 0.3 is 12.2 Å². The Bertz CT molecular complexity index is 1030. The molecule has 8 nitrogen and oxygen atoms in total. The molecule has 0 saturated carbocycles. The van der Waals surface area contributed by atoms with Crippen LogP contribution in [0.1, 0.15) is 28.7 Å². The molecule has 158 valence electrons. The average Bonchev–Trinajstić information content (AvgIpc) is 3.09. The maximum atomic E-state index is 13.4. The summed E-state index contributed by atoms with van der Waals surface area (Å²) in [6, 6.07) is 4.30. The Morgan fingerprint density at radius 3 is 2.77 bits per heavy atom. The molecule has 1 aromatic heterocycles. The van der Waals surface area contributed by atoms with E-state index in [0.29, 0.717) is 5.69 Å². The van der Waals surface area contributed by atoms with Crippen LogP contribution in [0.3, 0.4) is 0 Å². The van der Waals surface area contributed by atoms with E-state index in [4.69, 9.17) is 5.26 Å². The lowest BCUT2D eigenvalue weighted by Crippen LogP contribution is -2.47. The second-order valence-corrected chi connectivity index (χ2v) is 6.70. The minimum absolute atomic E-state index is 0.0753. The van der Waals surface area contributed by atoms with E-state index < -0.39 is 30.5 Å². The molecular formula is C18H16F4N6O2. The fourth-order valence-electron chi connectivity index (χ4n) is 3.04. The van der Waals surface area contributed by atoms with Crippen LogP contribution in [-0.4, -0.2) is 45.2 Å². The number of benzene rings is 1. The number of carbonyl (C=O) groups is 2. The number of amides is 3. The molecule has 0 radical (unpaired) electrons. The standard InChI is InChI=1S/C18H16F4N6O2/c1-10-6-27-9-25-15(16(29)24-8-18(20,21)22)14(27)7-28(10)17(30)26-12-2-3-13(19)11(4-12)5-23/h2-4,9-10H,6-8H2,1H3,(H,24,29)(H,26,30). The third-order valence-corrected chi connectivity index (χ3v) is 4.52. The van der Waals surface area contributed by atoms with Crippen LogP contribution in [0.4, 0.5) is 28.0 Å². The lowest BCUT2D eigenvalue weighted by molar-refractivity contribution is -0.123. The summed E-state index contributed by atoms with van der Waals surface area (Å²) < 4.78 is 52.1. The van der Waals surface area contributed by atoms with E-state index in [1.165, 1.54) is 23.4 Å². The molecule has 2 N–H and O–H groups in total. The van der Waals surface area contributed by atoms with Crippen LogP contribution in [0.2, 0.25) is 0 Å². The van der Waals surface area contributed by atoms with E-state index in [-0.39, 0.29) is 36.1 Å². The maximum absolute atomic E-state index is 13.4. The molecule has 3 amide bonds. The normalized spacial score (nSPS) is 15.9. The Balaban J connectivity index is 1.76. The molecule has 2 heterocycles. The zero-order valence-electron chi connectivity index (χ0n) is 15.6. The molecule has 1 unspecified atom stereocenters. The maximum Gasteiger partial charge on any atom is 0.405 e. The van der Waals surface area contributed by atoms with Gasteiger partial charge in [-0.25, -0.2) is 14.2 Å². The van der Waals surface area contributed by atoms with Crippen molar-refractivity contribution in [3.8, 4) is 6.07 Å². The van der Waals surface area contributed by atoms with Gasteiger partial charge in [0.1, 0.15) is 18.4 Å². The molecule has 1 aromatic carbocycles. The van der Waals surface area contributed by atoms with Gasteiger partial charge in [-0.2, -0.15) is 18.4 Å². The van der Waals surface area contributed by atoms with Crippen LogP contribution in [-0.2, 0) is 13.1 Å². The average molecular weight is 424 g/mol. The SMILES string of the molecule is CC1Cn2cnc(C(=O)NCC(F)(F)F)c2CN1C(=O)Nc1ccc(F)c(C#N)c1. The van der Waals surface area contributed by atoms with Crippen LogP contribution < -0.4 is 10.6 Å². The Kier molecular flexibility index (Phi) is 5.64. The molecule has 0 spiro atoms. The van der Waals surface area contributed by atoms with Gasteiger partial charge in [-0.3, -0.25) is 4.79 Å². The van der Waals surface area contributed by atoms with Gasteiger partial charge in [-0.05, 0) is 25.1 Å². The zero-order valence-corrected chi connectivity index (χ0v) is 15.6. The molecular weight excluding hydrogens is 408 g/mol. The van der Waals surface area contributed by atoms with Gasteiger partial charge < -0.3 is 20.1 Å². The van der Waals surface area contributed by atoms with Crippen molar-refractivity contribution < 1.29 is 27.2 Å². The number of imidazole rings is 1. The van der Waals surface area contributed by atoms with E-state index in [0.717, 1.165) is 6.07 Å². The van der Waals surface area contributed by atoms with E-state index in [1.807, 2.05) is 0 Å². The number of anilines is 1. The summed E-state index contributed by atoms with van der Waals surface area (Å²) in [6.07, 6.45) is -3.23. The molecule has 1 aliphatic rings. The third-order valence-electron chi connectivity index (χ3n) is 4.52. The van der Waals surface area contributed by atoms with E-state index in [2.05, 4.69) is 10.3 Å². The van der Waals surface area contributed by atoms with Crippen LogP contribution in [0.25, 0.3) is 0 Å². The van der Waals surface area contributed by atoms with Crippen molar-refractivity contribution in [2.24, 2.45) is 0 Å². The number of fused-ring (bicyclic) bond motifs is 1. The van der Waals surface area contributed by atoms with Gasteiger partial charge in [0.2, 0.25) is 0 Å². The number of carbonyl (C=O) groups excluding carboxylic acids is 2. The van der Waals surface area contributed by atoms with Crippen molar-refractivity contribution in [1.82, 2.24) is 19.8 Å². The number of hydrogen-bond donors (Lipinski definition) is 2. The first-order chi connectivity index (χ1) is 14.1. The summed E-state index contributed by atoms with van der Waals surface area (Å²) in [6.45, 7) is 0.449. The van der Waals surface area contributed by atoms with Crippen LogP contribution in [0.5, 0.6) is 0 Å². The molecule has 0 aliphatic carbocycles. The number of hydrogen-bond acceptors (Lipinski definition) is 4. The van der Waals surface area contributed by atoms with Gasteiger partial charge in [0.05, 0.1) is 24.1 Å². The summed E-state index contributed by atoms with van der Waals surface area (Å²) in [7, 11) is 0. The van der Waals surface area contributed by atoms with Crippen molar-refractivity contribution in [2.45, 2.75) is 32.2 Å². The van der Waals surface area contributed by atoms with Crippen molar-refractivity contribution in [3.63, 3.8) is 0 Å². The molecule has 30 heavy (non-hydrogen) atoms. The highest BCUT2D eigenvalue weighted by Crippen LogP contribution is 2.23. The lowest BCUT2D eigenvalue weighted by Gasteiger charge is -2.34. The minimum atomic E-state index is -4.56. The molecule has 0 fully saturated rings. The zero-order chi connectivity index (χ0) is 22.1. The number of nitrogens with one attached hydrogen (secondary N) is 2. The largest absolute Gasteiger partial charge is 0.405 e.